The second-order valence-electron chi connectivity index (χ2n) is 13.6. The third kappa shape index (κ3) is 8.41. The molecule has 0 saturated carbocycles. The Balaban J connectivity index is 1.37. The van der Waals surface area contributed by atoms with E-state index in [1.807, 2.05) is 12.1 Å². The Morgan fingerprint density at radius 3 is 0.933 bits per heavy atom. The minimum atomic E-state index is -1.29. The van der Waals surface area contributed by atoms with Gasteiger partial charge in [-0.15, -0.1) is 0 Å². The van der Waals surface area contributed by atoms with Crippen LogP contribution in [0.4, 0.5) is 17.1 Å². The lowest BCUT2D eigenvalue weighted by Gasteiger charge is -2.26. The molecular weight excluding hydrogens is 579 g/mol. The zero-order valence-corrected chi connectivity index (χ0v) is 29.7. The predicted molar refractivity (Wildman–Crippen MR) is 204 cm³/mol. The topological polar surface area (TPSA) is 12.5 Å². The molecule has 0 fully saturated rings. The summed E-state index contributed by atoms with van der Waals surface area (Å²) in [6, 6.07) is 43.8. The van der Waals surface area contributed by atoms with Gasteiger partial charge in [-0.25, -0.2) is 0 Å². The van der Waals surface area contributed by atoms with Crippen molar-refractivity contribution in [1.29, 1.82) is 0 Å². The highest BCUT2D eigenvalue weighted by Gasteiger charge is 2.16. The van der Waals surface area contributed by atoms with Gasteiger partial charge < -0.3 is 9.64 Å². The van der Waals surface area contributed by atoms with E-state index in [1.54, 1.807) is 7.11 Å². The van der Waals surface area contributed by atoms with Crippen molar-refractivity contribution >= 4 is 67.9 Å². The van der Waals surface area contributed by atoms with Gasteiger partial charge in [0.2, 0.25) is 0 Å². The second-order valence-corrected chi connectivity index (χ2v) is 23.8. The Bertz CT molecular complexity index is 1630. The molecular formula is C41H45NOSi2. The highest BCUT2D eigenvalue weighted by atomic mass is 28.3. The number of hydrogen-bond acceptors (Lipinski definition) is 2. The summed E-state index contributed by atoms with van der Waals surface area (Å²) in [6.45, 7) is 14.3. The first-order valence-electron chi connectivity index (χ1n) is 15.7. The van der Waals surface area contributed by atoms with Crippen LogP contribution in [0.1, 0.15) is 22.3 Å². The molecule has 0 spiro atoms. The maximum atomic E-state index is 5.43. The molecule has 5 aromatic rings. The quantitative estimate of drug-likeness (QED) is 0.113. The number of anilines is 3. The van der Waals surface area contributed by atoms with Crippen LogP contribution in [0, 0.1) is 0 Å². The standard InChI is InChI=1S/C41H45NOSi2/c1-43-39-26-24-38(25-27-39)42(36-20-12-32(13-21-36)8-10-34-16-28-40(29-17-34)44(2,3)4)37-22-14-33(15-23-37)9-11-35-18-30-41(31-19-35)45(5,6)7/h8-31H,1-7H3/b10-8+,11-9+. The molecule has 0 heterocycles. The van der Waals surface area contributed by atoms with Crippen LogP contribution >= 0.6 is 0 Å². The number of methoxy groups -OCH3 is 1. The SMILES string of the molecule is COc1ccc(N(c2ccc(/C=C/c3ccc([Si](C)(C)C)cc3)cc2)c2ccc(/C=C/c3ccc([Si](C)(C)C)cc3)cc2)cc1. The van der Waals surface area contributed by atoms with Crippen LogP contribution in [0.15, 0.2) is 121 Å². The van der Waals surface area contributed by atoms with Crippen molar-refractivity contribution in [2.24, 2.45) is 0 Å². The van der Waals surface area contributed by atoms with E-state index in [1.165, 1.54) is 32.6 Å². The monoisotopic (exact) mass is 623 g/mol. The van der Waals surface area contributed by atoms with E-state index in [9.17, 15) is 0 Å². The Hall–Kier alpha value is -4.39. The molecule has 228 valence electrons. The molecule has 4 heteroatoms. The van der Waals surface area contributed by atoms with Crippen LogP contribution in [-0.2, 0) is 0 Å². The van der Waals surface area contributed by atoms with Crippen LogP contribution in [-0.4, -0.2) is 23.3 Å². The number of benzene rings is 5. The van der Waals surface area contributed by atoms with Crippen molar-refractivity contribution in [2.75, 3.05) is 12.0 Å². The molecule has 0 unspecified atom stereocenters. The van der Waals surface area contributed by atoms with Gasteiger partial charge in [-0.1, -0.05) is 147 Å². The van der Waals surface area contributed by atoms with Crippen molar-refractivity contribution in [3.63, 3.8) is 0 Å². The molecule has 0 aliphatic carbocycles. The first-order valence-corrected chi connectivity index (χ1v) is 22.7. The van der Waals surface area contributed by atoms with E-state index in [0.29, 0.717) is 0 Å². The van der Waals surface area contributed by atoms with Crippen molar-refractivity contribution in [2.45, 2.75) is 39.3 Å². The molecule has 0 radical (unpaired) electrons. The normalized spacial score (nSPS) is 12.2. The molecule has 0 atom stereocenters. The van der Waals surface area contributed by atoms with Crippen molar-refractivity contribution in [3.8, 4) is 5.75 Å². The van der Waals surface area contributed by atoms with E-state index in [0.717, 1.165) is 22.8 Å². The van der Waals surface area contributed by atoms with Crippen LogP contribution < -0.4 is 20.0 Å². The molecule has 2 nitrogen and oxygen atoms in total. The molecule has 0 N–H and O–H groups in total. The lowest BCUT2D eigenvalue weighted by atomic mass is 10.1. The highest BCUT2D eigenvalue weighted by molar-refractivity contribution is 6.89. The lowest BCUT2D eigenvalue weighted by molar-refractivity contribution is 0.415. The van der Waals surface area contributed by atoms with Crippen LogP contribution in [0.3, 0.4) is 0 Å². The third-order valence-corrected chi connectivity index (χ3v) is 12.3. The average molecular weight is 624 g/mol. The Labute approximate surface area is 272 Å². The fourth-order valence-corrected chi connectivity index (χ4v) is 7.55. The summed E-state index contributed by atoms with van der Waals surface area (Å²) in [5.41, 5.74) is 8.05. The molecule has 5 rings (SSSR count). The van der Waals surface area contributed by atoms with Gasteiger partial charge in [-0.2, -0.15) is 0 Å². The smallest absolute Gasteiger partial charge is 0.119 e. The number of rotatable bonds is 10. The highest BCUT2D eigenvalue weighted by Crippen LogP contribution is 2.35. The van der Waals surface area contributed by atoms with Gasteiger partial charge in [-0.3, -0.25) is 0 Å². The molecule has 0 bridgehead atoms. The predicted octanol–water partition coefficient (Wildman–Crippen LogP) is 10.6. The average Bonchev–Trinajstić information content (AvgIpc) is 3.04. The Morgan fingerprint density at radius 1 is 0.400 bits per heavy atom. The number of hydrogen-bond donors (Lipinski definition) is 0. The van der Waals surface area contributed by atoms with Gasteiger partial charge in [-0.05, 0) is 70.8 Å². The summed E-state index contributed by atoms with van der Waals surface area (Å²) in [6.07, 6.45) is 8.75. The van der Waals surface area contributed by atoms with E-state index in [-0.39, 0.29) is 0 Å². The van der Waals surface area contributed by atoms with Crippen LogP contribution in [0.5, 0.6) is 5.75 Å². The molecule has 0 aliphatic heterocycles. The van der Waals surface area contributed by atoms with Crippen LogP contribution in [0.25, 0.3) is 24.3 Å². The molecule has 0 aromatic heterocycles. The van der Waals surface area contributed by atoms with Crippen molar-refractivity contribution < 1.29 is 4.74 Å². The fourth-order valence-electron chi connectivity index (χ4n) is 5.22. The summed E-state index contributed by atoms with van der Waals surface area (Å²) in [5, 5.41) is 2.97. The number of ether oxygens (including phenoxy) is 1. The largest absolute Gasteiger partial charge is 0.497 e. The van der Waals surface area contributed by atoms with Gasteiger partial charge in [0, 0.05) is 17.1 Å². The Morgan fingerprint density at radius 2 is 0.667 bits per heavy atom. The van der Waals surface area contributed by atoms with Crippen molar-refractivity contribution in [3.05, 3.63) is 144 Å². The Kier molecular flexibility index (Phi) is 9.76. The molecule has 5 aromatic carbocycles. The molecule has 45 heavy (non-hydrogen) atoms. The maximum Gasteiger partial charge on any atom is 0.119 e. The molecule has 0 saturated heterocycles. The van der Waals surface area contributed by atoms with Gasteiger partial charge in [0.15, 0.2) is 0 Å². The molecule has 0 amide bonds. The van der Waals surface area contributed by atoms with E-state index < -0.39 is 16.1 Å². The van der Waals surface area contributed by atoms with Crippen molar-refractivity contribution in [1.82, 2.24) is 0 Å². The first kappa shape index (κ1) is 32.0. The third-order valence-electron chi connectivity index (χ3n) is 8.12. The maximum absolute atomic E-state index is 5.43. The summed E-state index contributed by atoms with van der Waals surface area (Å²) in [4.78, 5) is 2.28. The van der Waals surface area contributed by atoms with Gasteiger partial charge in [0.1, 0.15) is 5.75 Å². The number of nitrogens with zero attached hydrogens (tertiary/aromatic N) is 1. The first-order chi connectivity index (χ1) is 21.5. The molecule has 0 aliphatic rings. The van der Waals surface area contributed by atoms with Gasteiger partial charge >= 0.3 is 0 Å². The van der Waals surface area contributed by atoms with Gasteiger partial charge in [0.05, 0.1) is 23.3 Å². The lowest BCUT2D eigenvalue weighted by Crippen LogP contribution is -2.37. The van der Waals surface area contributed by atoms with E-state index in [4.69, 9.17) is 4.74 Å². The van der Waals surface area contributed by atoms with Gasteiger partial charge in [0.25, 0.3) is 0 Å². The second kappa shape index (κ2) is 13.7. The zero-order valence-electron chi connectivity index (χ0n) is 27.7. The summed E-state index contributed by atoms with van der Waals surface area (Å²) in [5.74, 6) is 0.843. The minimum Gasteiger partial charge on any atom is -0.497 e. The summed E-state index contributed by atoms with van der Waals surface area (Å²) in [7, 11) is -0.876. The van der Waals surface area contributed by atoms with Crippen LogP contribution in [0.2, 0.25) is 39.3 Å². The minimum absolute atomic E-state index is 0.843. The van der Waals surface area contributed by atoms with E-state index in [2.05, 4.69) is 178 Å². The van der Waals surface area contributed by atoms with E-state index >= 15 is 0 Å². The summed E-state index contributed by atoms with van der Waals surface area (Å²) < 4.78 is 5.43. The summed E-state index contributed by atoms with van der Waals surface area (Å²) >= 11 is 0. The zero-order chi connectivity index (χ0) is 32.0. The fraction of sp³-hybridized carbons (Fsp3) is 0.171.